The number of carboxylic acid groups (broad SMARTS) is 1. The highest BCUT2D eigenvalue weighted by molar-refractivity contribution is 5.83. The SMILES string of the molecule is CCC1(CNC(=O)N2C[C@H](O)C[C@H]2C(=O)O)CCCC1. The first kappa shape index (κ1) is 15.1. The van der Waals surface area contributed by atoms with Gasteiger partial charge in [-0.25, -0.2) is 9.59 Å². The lowest BCUT2D eigenvalue weighted by Gasteiger charge is -2.30. The summed E-state index contributed by atoms with van der Waals surface area (Å²) in [7, 11) is 0. The smallest absolute Gasteiger partial charge is 0.326 e. The van der Waals surface area contributed by atoms with Gasteiger partial charge in [-0.2, -0.15) is 0 Å². The van der Waals surface area contributed by atoms with Crippen LogP contribution in [-0.4, -0.2) is 52.3 Å². The molecule has 2 rings (SSSR count). The van der Waals surface area contributed by atoms with E-state index in [2.05, 4.69) is 12.2 Å². The van der Waals surface area contributed by atoms with Gasteiger partial charge in [0.2, 0.25) is 0 Å². The van der Waals surface area contributed by atoms with E-state index in [0.717, 1.165) is 19.3 Å². The van der Waals surface area contributed by atoms with Gasteiger partial charge in [-0.1, -0.05) is 19.8 Å². The second kappa shape index (κ2) is 5.99. The van der Waals surface area contributed by atoms with Crippen LogP contribution in [0.25, 0.3) is 0 Å². The van der Waals surface area contributed by atoms with Crippen LogP contribution in [0.4, 0.5) is 4.79 Å². The lowest BCUT2D eigenvalue weighted by molar-refractivity contribution is -0.141. The van der Waals surface area contributed by atoms with Crippen LogP contribution in [0.2, 0.25) is 0 Å². The standard InChI is InChI=1S/C14H24N2O4/c1-2-14(5-3-4-6-14)9-15-13(20)16-8-10(17)7-11(16)12(18)19/h10-11,17H,2-9H2,1H3,(H,15,20)(H,18,19)/t10-,11+/m1/s1. The zero-order chi connectivity index (χ0) is 14.8. The molecule has 6 heteroatoms. The number of nitrogens with one attached hydrogen (secondary N) is 1. The number of nitrogens with zero attached hydrogens (tertiary/aromatic N) is 1. The molecule has 0 spiro atoms. The van der Waals surface area contributed by atoms with Crippen molar-refractivity contribution in [3.05, 3.63) is 0 Å². The fourth-order valence-electron chi connectivity index (χ4n) is 3.42. The quantitative estimate of drug-likeness (QED) is 0.723. The van der Waals surface area contributed by atoms with E-state index < -0.39 is 18.1 Å². The summed E-state index contributed by atoms with van der Waals surface area (Å²) in [6, 6.07) is -1.28. The molecule has 0 aromatic heterocycles. The van der Waals surface area contributed by atoms with Gasteiger partial charge in [0.25, 0.3) is 0 Å². The molecule has 6 nitrogen and oxygen atoms in total. The summed E-state index contributed by atoms with van der Waals surface area (Å²) in [5.74, 6) is -1.05. The van der Waals surface area contributed by atoms with Crippen molar-refractivity contribution in [2.24, 2.45) is 5.41 Å². The fourth-order valence-corrected chi connectivity index (χ4v) is 3.42. The van der Waals surface area contributed by atoms with Crippen LogP contribution in [0.15, 0.2) is 0 Å². The van der Waals surface area contributed by atoms with E-state index in [-0.39, 0.29) is 24.4 Å². The first-order valence-corrected chi connectivity index (χ1v) is 7.43. The van der Waals surface area contributed by atoms with Crippen LogP contribution in [0.1, 0.15) is 45.4 Å². The van der Waals surface area contributed by atoms with Crippen LogP contribution in [0.3, 0.4) is 0 Å². The van der Waals surface area contributed by atoms with Crippen molar-refractivity contribution >= 4 is 12.0 Å². The highest BCUT2D eigenvalue weighted by Crippen LogP contribution is 2.40. The maximum atomic E-state index is 12.2. The molecule has 1 saturated carbocycles. The number of amides is 2. The first-order chi connectivity index (χ1) is 9.47. The van der Waals surface area contributed by atoms with Crippen molar-refractivity contribution in [3.63, 3.8) is 0 Å². The molecule has 2 fully saturated rings. The summed E-state index contributed by atoms with van der Waals surface area (Å²) in [5, 5.41) is 21.5. The third kappa shape index (κ3) is 3.06. The van der Waals surface area contributed by atoms with Gasteiger partial charge >= 0.3 is 12.0 Å². The maximum Gasteiger partial charge on any atom is 0.326 e. The molecule has 2 atom stereocenters. The first-order valence-electron chi connectivity index (χ1n) is 7.43. The van der Waals surface area contributed by atoms with E-state index >= 15 is 0 Å². The Balaban J connectivity index is 1.92. The summed E-state index contributed by atoms with van der Waals surface area (Å²) in [4.78, 5) is 24.5. The Morgan fingerprint density at radius 3 is 2.55 bits per heavy atom. The van der Waals surface area contributed by atoms with Gasteiger partial charge in [0.15, 0.2) is 0 Å². The number of urea groups is 1. The minimum absolute atomic E-state index is 0.0991. The van der Waals surface area contributed by atoms with E-state index in [9.17, 15) is 14.7 Å². The second-order valence-electron chi connectivity index (χ2n) is 6.12. The monoisotopic (exact) mass is 284 g/mol. The average Bonchev–Trinajstić information content (AvgIpc) is 3.03. The third-order valence-electron chi connectivity index (χ3n) is 4.85. The Labute approximate surface area is 119 Å². The summed E-state index contributed by atoms with van der Waals surface area (Å²) in [6.45, 7) is 2.83. The molecule has 0 aromatic rings. The van der Waals surface area contributed by atoms with E-state index in [4.69, 9.17) is 5.11 Å². The van der Waals surface area contributed by atoms with Crippen molar-refractivity contribution in [3.8, 4) is 0 Å². The summed E-state index contributed by atoms with van der Waals surface area (Å²) in [6.07, 6.45) is 5.03. The van der Waals surface area contributed by atoms with Gasteiger partial charge in [0.1, 0.15) is 6.04 Å². The number of carbonyl (C=O) groups is 2. The van der Waals surface area contributed by atoms with Crippen LogP contribution in [-0.2, 0) is 4.79 Å². The van der Waals surface area contributed by atoms with Gasteiger partial charge in [-0.15, -0.1) is 0 Å². The van der Waals surface area contributed by atoms with Crippen molar-refractivity contribution in [2.75, 3.05) is 13.1 Å². The molecule has 1 saturated heterocycles. The molecular weight excluding hydrogens is 260 g/mol. The molecule has 3 N–H and O–H groups in total. The van der Waals surface area contributed by atoms with Crippen LogP contribution in [0.5, 0.6) is 0 Å². The predicted octanol–water partition coefficient (Wildman–Crippen LogP) is 1.19. The Bertz CT molecular complexity index is 379. The highest BCUT2D eigenvalue weighted by atomic mass is 16.4. The van der Waals surface area contributed by atoms with E-state index in [1.54, 1.807) is 0 Å². The number of carboxylic acids is 1. The summed E-state index contributed by atoms with van der Waals surface area (Å²) >= 11 is 0. The van der Waals surface area contributed by atoms with Crippen molar-refractivity contribution in [1.29, 1.82) is 0 Å². The average molecular weight is 284 g/mol. The molecule has 114 valence electrons. The van der Waals surface area contributed by atoms with E-state index in [0.29, 0.717) is 6.54 Å². The zero-order valence-corrected chi connectivity index (χ0v) is 12.0. The van der Waals surface area contributed by atoms with Crippen LogP contribution >= 0.6 is 0 Å². The molecule has 0 unspecified atom stereocenters. The lowest BCUT2D eigenvalue weighted by atomic mass is 9.83. The molecule has 0 radical (unpaired) electrons. The number of aliphatic hydroxyl groups is 1. The number of likely N-dealkylation sites (tertiary alicyclic amines) is 1. The normalized spacial score (nSPS) is 28.6. The Kier molecular flexibility index (Phi) is 4.52. The molecule has 2 amide bonds. The minimum atomic E-state index is -1.05. The maximum absolute atomic E-state index is 12.2. The number of β-amino-alcohol motifs (C(OH)–C–C–N with tert-alkyl or cyclic N) is 1. The van der Waals surface area contributed by atoms with Gasteiger partial charge < -0.3 is 20.4 Å². The molecule has 1 aliphatic heterocycles. The Hall–Kier alpha value is -1.30. The van der Waals surface area contributed by atoms with E-state index in [1.807, 2.05) is 0 Å². The van der Waals surface area contributed by atoms with Crippen molar-refractivity contribution in [2.45, 2.75) is 57.6 Å². The summed E-state index contributed by atoms with van der Waals surface area (Å²) in [5.41, 5.74) is 0.173. The number of hydrogen-bond donors (Lipinski definition) is 3. The number of carbonyl (C=O) groups excluding carboxylic acids is 1. The van der Waals surface area contributed by atoms with Gasteiger partial charge in [0, 0.05) is 19.5 Å². The second-order valence-corrected chi connectivity index (χ2v) is 6.12. The molecule has 2 aliphatic rings. The number of aliphatic hydroxyl groups excluding tert-OH is 1. The zero-order valence-electron chi connectivity index (χ0n) is 12.0. The van der Waals surface area contributed by atoms with Crippen LogP contribution < -0.4 is 5.32 Å². The number of hydrogen-bond acceptors (Lipinski definition) is 3. The Morgan fingerprint density at radius 2 is 2.00 bits per heavy atom. The molecule has 0 aromatic carbocycles. The number of aliphatic carboxylic acids is 1. The molecule has 1 aliphatic carbocycles. The van der Waals surface area contributed by atoms with Crippen molar-refractivity contribution in [1.82, 2.24) is 10.2 Å². The van der Waals surface area contributed by atoms with Crippen LogP contribution in [0, 0.1) is 5.41 Å². The van der Waals surface area contributed by atoms with Crippen molar-refractivity contribution < 1.29 is 19.8 Å². The fraction of sp³-hybridized carbons (Fsp3) is 0.857. The van der Waals surface area contributed by atoms with Gasteiger partial charge in [-0.05, 0) is 24.7 Å². The summed E-state index contributed by atoms with van der Waals surface area (Å²) < 4.78 is 0. The molecule has 0 bridgehead atoms. The molecule has 1 heterocycles. The van der Waals surface area contributed by atoms with Gasteiger partial charge in [0.05, 0.1) is 6.10 Å². The predicted molar refractivity (Wildman–Crippen MR) is 73.3 cm³/mol. The largest absolute Gasteiger partial charge is 0.480 e. The topological polar surface area (TPSA) is 89.9 Å². The minimum Gasteiger partial charge on any atom is -0.480 e. The van der Waals surface area contributed by atoms with E-state index in [1.165, 1.54) is 17.7 Å². The number of rotatable bonds is 4. The van der Waals surface area contributed by atoms with Gasteiger partial charge in [-0.3, -0.25) is 0 Å². The molecule has 20 heavy (non-hydrogen) atoms. The molecular formula is C14H24N2O4. The highest BCUT2D eigenvalue weighted by Gasteiger charge is 2.40. The lowest BCUT2D eigenvalue weighted by Crippen LogP contribution is -2.48. The Morgan fingerprint density at radius 1 is 1.35 bits per heavy atom. The third-order valence-corrected chi connectivity index (χ3v) is 4.85.